The molecule has 2 saturated heterocycles. The molecule has 0 atom stereocenters. The molecule has 0 N–H and O–H groups in total. The van der Waals surface area contributed by atoms with Crippen molar-refractivity contribution < 1.29 is 14.3 Å². The molecule has 2 fully saturated rings. The number of fused-ring (bicyclic) bond motifs is 1. The Balaban J connectivity index is 1.38. The molecule has 1 aliphatic carbocycles. The van der Waals surface area contributed by atoms with Crippen LogP contribution in [-0.2, 0) is 22.3 Å². The number of rotatable bonds is 3. The number of hydrogen-bond acceptors (Lipinski definition) is 4. The van der Waals surface area contributed by atoms with Crippen molar-refractivity contribution in [2.45, 2.75) is 44.8 Å². The van der Waals surface area contributed by atoms with E-state index < -0.39 is 0 Å². The van der Waals surface area contributed by atoms with Crippen LogP contribution in [-0.4, -0.2) is 53.2 Å². The van der Waals surface area contributed by atoms with E-state index in [4.69, 9.17) is 14.6 Å². The molecule has 0 radical (unpaired) electrons. The Morgan fingerprint density at radius 3 is 2.62 bits per heavy atom. The summed E-state index contributed by atoms with van der Waals surface area (Å²) in [6.07, 6.45) is 5.93. The minimum absolute atomic E-state index is 0.0728. The number of ether oxygens (including phenoxy) is 2. The summed E-state index contributed by atoms with van der Waals surface area (Å²) in [4.78, 5) is 15.4. The number of piperidine rings is 1. The number of amides is 1. The van der Waals surface area contributed by atoms with E-state index in [1.165, 1.54) is 5.69 Å². The maximum Gasteiger partial charge on any atom is 0.274 e. The first-order valence-corrected chi connectivity index (χ1v) is 11.4. The standard InChI is InChI=1S/C22H26BrN3O3/c23-16-4-3-5-17(14-16)26-19-7-2-1-6-18(19)20(24-26)21(27)25-10-8-15(9-11-25)22-28-12-13-29-22/h3-5,14-15,22H,1-2,6-13H2. The fraction of sp³-hybridized carbons (Fsp3) is 0.545. The van der Waals surface area contributed by atoms with Crippen molar-refractivity contribution in [1.82, 2.24) is 14.7 Å². The van der Waals surface area contributed by atoms with Crippen molar-refractivity contribution in [2.24, 2.45) is 5.92 Å². The molecule has 3 heterocycles. The summed E-state index contributed by atoms with van der Waals surface area (Å²) in [5, 5.41) is 4.83. The predicted molar refractivity (Wildman–Crippen MR) is 112 cm³/mol. The Labute approximate surface area is 179 Å². The molecule has 2 aliphatic heterocycles. The van der Waals surface area contributed by atoms with Crippen LogP contribution in [0.2, 0.25) is 0 Å². The van der Waals surface area contributed by atoms with Gasteiger partial charge in [0.15, 0.2) is 12.0 Å². The van der Waals surface area contributed by atoms with Crippen LogP contribution in [0.15, 0.2) is 28.7 Å². The highest BCUT2D eigenvalue weighted by Gasteiger charge is 2.34. The lowest BCUT2D eigenvalue weighted by molar-refractivity contribution is -0.0956. The van der Waals surface area contributed by atoms with Gasteiger partial charge in [-0.2, -0.15) is 5.10 Å². The minimum Gasteiger partial charge on any atom is -0.350 e. The Morgan fingerprint density at radius 1 is 1.10 bits per heavy atom. The fourth-order valence-electron chi connectivity index (χ4n) is 4.77. The molecule has 5 rings (SSSR count). The summed E-state index contributed by atoms with van der Waals surface area (Å²) < 4.78 is 14.3. The third-order valence-corrected chi connectivity index (χ3v) is 6.79. The summed E-state index contributed by atoms with van der Waals surface area (Å²) in [5.41, 5.74) is 3.99. The van der Waals surface area contributed by atoms with Crippen molar-refractivity contribution in [3.63, 3.8) is 0 Å². The van der Waals surface area contributed by atoms with Gasteiger partial charge in [-0.05, 0) is 56.7 Å². The number of hydrogen-bond donors (Lipinski definition) is 0. The molecular formula is C22H26BrN3O3. The Hall–Kier alpha value is -1.70. The summed E-state index contributed by atoms with van der Waals surface area (Å²) in [6, 6.07) is 8.13. The third kappa shape index (κ3) is 3.76. The van der Waals surface area contributed by atoms with Crippen LogP contribution in [0.3, 0.4) is 0 Å². The average Bonchev–Trinajstić information content (AvgIpc) is 3.42. The van der Waals surface area contributed by atoms with Gasteiger partial charge in [-0.1, -0.05) is 22.0 Å². The van der Waals surface area contributed by atoms with E-state index in [1.54, 1.807) is 0 Å². The molecule has 1 aromatic heterocycles. The minimum atomic E-state index is -0.0873. The molecule has 3 aliphatic rings. The molecule has 0 saturated carbocycles. The van der Waals surface area contributed by atoms with Crippen molar-refractivity contribution in [3.8, 4) is 5.69 Å². The Morgan fingerprint density at radius 2 is 1.86 bits per heavy atom. The van der Waals surface area contributed by atoms with E-state index in [9.17, 15) is 4.79 Å². The number of carbonyl (C=O) groups is 1. The number of nitrogens with zero attached hydrogens (tertiary/aromatic N) is 3. The van der Waals surface area contributed by atoms with Crippen LogP contribution in [0.25, 0.3) is 5.69 Å². The number of carbonyl (C=O) groups excluding carboxylic acids is 1. The monoisotopic (exact) mass is 459 g/mol. The van der Waals surface area contributed by atoms with Gasteiger partial charge in [-0.15, -0.1) is 0 Å². The van der Waals surface area contributed by atoms with Crippen LogP contribution in [0, 0.1) is 5.92 Å². The highest BCUT2D eigenvalue weighted by molar-refractivity contribution is 9.10. The van der Waals surface area contributed by atoms with Gasteiger partial charge in [-0.3, -0.25) is 4.79 Å². The molecule has 0 unspecified atom stereocenters. The lowest BCUT2D eigenvalue weighted by atomic mass is 9.93. The van der Waals surface area contributed by atoms with Crippen molar-refractivity contribution in [3.05, 3.63) is 45.7 Å². The van der Waals surface area contributed by atoms with Gasteiger partial charge >= 0.3 is 0 Å². The normalized spacial score (nSPS) is 20.8. The van der Waals surface area contributed by atoms with Gasteiger partial charge in [0, 0.05) is 34.7 Å². The van der Waals surface area contributed by atoms with Crippen LogP contribution in [0.4, 0.5) is 0 Å². The average molecular weight is 460 g/mol. The van der Waals surface area contributed by atoms with Gasteiger partial charge in [0.05, 0.1) is 18.9 Å². The third-order valence-electron chi connectivity index (χ3n) is 6.29. The topological polar surface area (TPSA) is 56.6 Å². The van der Waals surface area contributed by atoms with Crippen molar-refractivity contribution in [1.29, 1.82) is 0 Å². The zero-order chi connectivity index (χ0) is 19.8. The number of halogens is 1. The number of aromatic nitrogens is 2. The molecule has 0 spiro atoms. The van der Waals surface area contributed by atoms with Gasteiger partial charge in [0.1, 0.15) is 0 Å². The second kappa shape index (κ2) is 8.20. The summed E-state index contributed by atoms with van der Waals surface area (Å²) >= 11 is 3.55. The van der Waals surface area contributed by atoms with E-state index >= 15 is 0 Å². The SMILES string of the molecule is O=C(c1nn(-c2cccc(Br)c2)c2c1CCCC2)N1CCC(C2OCCO2)CC1. The first-order chi connectivity index (χ1) is 14.2. The molecule has 7 heteroatoms. The number of likely N-dealkylation sites (tertiary alicyclic amines) is 1. The van der Waals surface area contributed by atoms with Gasteiger partial charge in [0.25, 0.3) is 5.91 Å². The van der Waals surface area contributed by atoms with E-state index in [0.29, 0.717) is 24.8 Å². The summed E-state index contributed by atoms with van der Waals surface area (Å²) in [6.45, 7) is 2.85. The molecule has 29 heavy (non-hydrogen) atoms. The summed E-state index contributed by atoms with van der Waals surface area (Å²) in [7, 11) is 0. The van der Waals surface area contributed by atoms with Crippen LogP contribution in [0.1, 0.15) is 47.4 Å². The molecule has 1 amide bonds. The van der Waals surface area contributed by atoms with E-state index in [-0.39, 0.29) is 12.2 Å². The second-order valence-electron chi connectivity index (χ2n) is 8.11. The van der Waals surface area contributed by atoms with E-state index in [2.05, 4.69) is 22.0 Å². The number of benzene rings is 1. The van der Waals surface area contributed by atoms with Crippen LogP contribution >= 0.6 is 15.9 Å². The Kier molecular flexibility index (Phi) is 5.45. The smallest absolute Gasteiger partial charge is 0.274 e. The highest BCUT2D eigenvalue weighted by Crippen LogP contribution is 2.31. The summed E-state index contributed by atoms with van der Waals surface area (Å²) in [5.74, 6) is 0.457. The lowest BCUT2D eigenvalue weighted by Gasteiger charge is -2.33. The molecular weight excluding hydrogens is 434 g/mol. The largest absolute Gasteiger partial charge is 0.350 e. The first-order valence-electron chi connectivity index (χ1n) is 10.6. The van der Waals surface area contributed by atoms with Crippen molar-refractivity contribution in [2.75, 3.05) is 26.3 Å². The van der Waals surface area contributed by atoms with Gasteiger partial charge in [-0.25, -0.2) is 4.68 Å². The molecule has 154 valence electrons. The van der Waals surface area contributed by atoms with Gasteiger partial charge < -0.3 is 14.4 Å². The maximum absolute atomic E-state index is 13.4. The van der Waals surface area contributed by atoms with E-state index in [1.807, 2.05) is 27.8 Å². The second-order valence-corrected chi connectivity index (χ2v) is 9.03. The zero-order valence-corrected chi connectivity index (χ0v) is 18.1. The zero-order valence-electron chi connectivity index (χ0n) is 16.5. The molecule has 6 nitrogen and oxygen atoms in total. The molecule has 2 aromatic rings. The lowest BCUT2D eigenvalue weighted by Crippen LogP contribution is -2.42. The van der Waals surface area contributed by atoms with Gasteiger partial charge in [0.2, 0.25) is 0 Å². The quantitative estimate of drug-likeness (QED) is 0.701. The van der Waals surface area contributed by atoms with Crippen molar-refractivity contribution >= 4 is 21.8 Å². The predicted octanol–water partition coefficient (Wildman–Crippen LogP) is 3.74. The maximum atomic E-state index is 13.4. The Bertz CT molecular complexity index is 899. The van der Waals surface area contributed by atoms with Crippen LogP contribution < -0.4 is 0 Å². The molecule has 1 aromatic carbocycles. The molecule has 0 bridgehead atoms. The van der Waals surface area contributed by atoms with Crippen LogP contribution in [0.5, 0.6) is 0 Å². The highest BCUT2D eigenvalue weighted by atomic mass is 79.9. The first kappa shape index (κ1) is 19.3. The van der Waals surface area contributed by atoms with E-state index in [0.717, 1.165) is 67.3 Å². The fourth-order valence-corrected chi connectivity index (χ4v) is 5.15.